The van der Waals surface area contributed by atoms with Crippen LogP contribution in [0.2, 0.25) is 0 Å². The third-order valence-corrected chi connectivity index (χ3v) is 1.24. The molecule has 1 aliphatic rings. The molecule has 0 aromatic rings. The highest BCUT2D eigenvalue weighted by molar-refractivity contribution is 7.84. The minimum Gasteiger partial charge on any atom is -0.748 e. The molecule has 1 aliphatic heterocycles. The summed E-state index contributed by atoms with van der Waals surface area (Å²) in [6, 6.07) is 0. The number of hydrogen-bond acceptors (Lipinski definition) is 4. The lowest BCUT2D eigenvalue weighted by Gasteiger charge is -2.05. The molecule has 76 valence electrons. The van der Waals surface area contributed by atoms with E-state index in [4.69, 9.17) is 13.0 Å². The van der Waals surface area contributed by atoms with E-state index >= 15 is 0 Å². The van der Waals surface area contributed by atoms with Crippen LogP contribution in [0.15, 0.2) is 25.2 Å². The van der Waals surface area contributed by atoms with Crippen LogP contribution in [0.4, 0.5) is 0 Å². The molecular formula is C7H14N2O3S. The van der Waals surface area contributed by atoms with Gasteiger partial charge in [-0.15, -0.1) is 0 Å². The number of nitrogens with zero attached hydrogens (tertiary/aromatic N) is 1. The number of quaternary nitrogens is 1. The molecule has 13 heavy (non-hydrogen) atoms. The standard InChI is InChI=1S/C6H10N2.CH4O3S/c1-3-8-5-4-7(2)6-8;1-5(2,3)4/h3-5H,1,6H2,2H3;1H3,(H,2,3,4). The first-order chi connectivity index (χ1) is 5.83. The second-order valence-corrected chi connectivity index (χ2v) is 4.12. The topological polar surface area (TPSA) is 64.9 Å². The molecule has 6 heteroatoms. The van der Waals surface area contributed by atoms with E-state index < -0.39 is 10.1 Å². The van der Waals surface area contributed by atoms with Gasteiger partial charge in [0.05, 0.1) is 22.5 Å². The third-order valence-electron chi connectivity index (χ3n) is 1.24. The van der Waals surface area contributed by atoms with E-state index in [1.165, 1.54) is 4.90 Å². The second kappa shape index (κ2) is 5.00. The summed E-state index contributed by atoms with van der Waals surface area (Å²) in [4.78, 5) is 3.42. The van der Waals surface area contributed by atoms with Crippen molar-refractivity contribution in [3.05, 3.63) is 25.2 Å². The Morgan fingerprint density at radius 3 is 2.31 bits per heavy atom. The van der Waals surface area contributed by atoms with Crippen LogP contribution in [-0.2, 0) is 10.1 Å². The van der Waals surface area contributed by atoms with E-state index in [9.17, 15) is 0 Å². The summed E-state index contributed by atoms with van der Waals surface area (Å²) in [5, 5.41) is 0. The lowest BCUT2D eigenvalue weighted by atomic mass is 10.8. The summed E-state index contributed by atoms with van der Waals surface area (Å²) in [5.41, 5.74) is 0. The van der Waals surface area contributed by atoms with Gasteiger partial charge in [-0.05, 0) is 6.58 Å². The third kappa shape index (κ3) is 9.06. The zero-order valence-corrected chi connectivity index (χ0v) is 8.54. The van der Waals surface area contributed by atoms with Crippen LogP contribution in [0.5, 0.6) is 0 Å². The van der Waals surface area contributed by atoms with E-state index in [2.05, 4.69) is 23.9 Å². The maximum absolute atomic E-state index is 9.08. The summed E-state index contributed by atoms with van der Waals surface area (Å²) in [5.74, 6) is 0. The van der Waals surface area contributed by atoms with Gasteiger partial charge in [-0.2, -0.15) is 0 Å². The van der Waals surface area contributed by atoms with E-state index in [0.29, 0.717) is 6.26 Å². The predicted molar refractivity (Wildman–Crippen MR) is 48.6 cm³/mol. The average molecular weight is 206 g/mol. The summed E-state index contributed by atoms with van der Waals surface area (Å²) < 4.78 is 27.2. The summed E-state index contributed by atoms with van der Waals surface area (Å²) in [6.45, 7) is 4.68. The molecule has 0 radical (unpaired) electrons. The van der Waals surface area contributed by atoms with Gasteiger partial charge in [0.25, 0.3) is 0 Å². The smallest absolute Gasteiger partial charge is 0.160 e. The zero-order valence-electron chi connectivity index (χ0n) is 7.73. The highest BCUT2D eigenvalue weighted by Gasteiger charge is 2.07. The largest absolute Gasteiger partial charge is 0.748 e. The molecule has 0 saturated heterocycles. The SMILES string of the molecule is C=C[NH+]1C=CN(C)C1.CS(=O)(=O)[O-]. The van der Waals surface area contributed by atoms with E-state index in [0.717, 1.165) is 6.67 Å². The van der Waals surface area contributed by atoms with Gasteiger partial charge in [-0.25, -0.2) is 8.42 Å². The van der Waals surface area contributed by atoms with Crippen molar-refractivity contribution in [3.63, 3.8) is 0 Å². The van der Waals surface area contributed by atoms with Crippen LogP contribution in [0.25, 0.3) is 0 Å². The Labute approximate surface area is 78.7 Å². The van der Waals surface area contributed by atoms with Crippen molar-refractivity contribution in [2.75, 3.05) is 20.0 Å². The minimum absolute atomic E-state index is 0.604. The number of hydrogen-bond donors (Lipinski definition) is 1. The van der Waals surface area contributed by atoms with E-state index in [1.54, 1.807) is 0 Å². The Morgan fingerprint density at radius 2 is 2.15 bits per heavy atom. The molecule has 0 spiro atoms. The van der Waals surface area contributed by atoms with Crippen LogP contribution in [0.3, 0.4) is 0 Å². The van der Waals surface area contributed by atoms with Gasteiger partial charge in [0.15, 0.2) is 6.67 Å². The van der Waals surface area contributed by atoms with Crippen LogP contribution < -0.4 is 4.90 Å². The van der Waals surface area contributed by atoms with E-state index in [-0.39, 0.29) is 0 Å². The van der Waals surface area contributed by atoms with Crippen LogP contribution in [-0.4, -0.2) is 37.8 Å². The summed E-state index contributed by atoms with van der Waals surface area (Å²) in [6.07, 6.45) is 6.62. The average Bonchev–Trinajstić information content (AvgIpc) is 2.31. The van der Waals surface area contributed by atoms with Gasteiger partial charge in [0, 0.05) is 13.3 Å². The predicted octanol–water partition coefficient (Wildman–Crippen LogP) is -1.45. The normalized spacial score (nSPS) is 20.8. The molecule has 0 bridgehead atoms. The van der Waals surface area contributed by atoms with Crippen molar-refractivity contribution >= 4 is 10.1 Å². The Morgan fingerprint density at radius 1 is 1.69 bits per heavy atom. The molecule has 1 atom stereocenters. The quantitative estimate of drug-likeness (QED) is 0.533. The fourth-order valence-corrected chi connectivity index (χ4v) is 0.749. The molecule has 0 aromatic carbocycles. The molecule has 1 heterocycles. The molecule has 0 aliphatic carbocycles. The first-order valence-corrected chi connectivity index (χ1v) is 5.42. The van der Waals surface area contributed by atoms with Gasteiger partial charge in [0.2, 0.25) is 0 Å². The summed E-state index contributed by atoms with van der Waals surface area (Å²) in [7, 11) is -1.87. The lowest BCUT2D eigenvalue weighted by molar-refractivity contribution is -0.791. The zero-order chi connectivity index (χ0) is 10.5. The molecule has 0 amide bonds. The molecule has 1 rings (SSSR count). The van der Waals surface area contributed by atoms with Crippen LogP contribution in [0, 0.1) is 0 Å². The summed E-state index contributed by atoms with van der Waals surface area (Å²) >= 11 is 0. The van der Waals surface area contributed by atoms with Gasteiger partial charge in [0.1, 0.15) is 6.20 Å². The molecule has 1 N–H and O–H groups in total. The Balaban J connectivity index is 0.000000252. The first-order valence-electron chi connectivity index (χ1n) is 3.60. The number of nitrogens with one attached hydrogen (secondary N) is 1. The van der Waals surface area contributed by atoms with Gasteiger partial charge in [-0.3, -0.25) is 4.90 Å². The van der Waals surface area contributed by atoms with Crippen LogP contribution in [0.1, 0.15) is 0 Å². The Bertz CT molecular complexity index is 276. The highest BCUT2D eigenvalue weighted by atomic mass is 32.2. The van der Waals surface area contributed by atoms with Crippen molar-refractivity contribution in [2.24, 2.45) is 0 Å². The Kier molecular flexibility index (Phi) is 4.68. The maximum Gasteiger partial charge on any atom is 0.160 e. The fourth-order valence-electron chi connectivity index (χ4n) is 0.749. The molecule has 0 aromatic heterocycles. The van der Waals surface area contributed by atoms with Crippen molar-refractivity contribution in [2.45, 2.75) is 0 Å². The monoisotopic (exact) mass is 206 g/mol. The van der Waals surface area contributed by atoms with Gasteiger partial charge >= 0.3 is 0 Å². The maximum atomic E-state index is 9.08. The van der Waals surface area contributed by atoms with E-state index in [1.807, 2.05) is 13.2 Å². The highest BCUT2D eigenvalue weighted by Crippen LogP contribution is 1.81. The number of rotatable bonds is 1. The van der Waals surface area contributed by atoms with Gasteiger partial charge in [-0.1, -0.05) is 0 Å². The van der Waals surface area contributed by atoms with Crippen molar-refractivity contribution < 1.29 is 17.9 Å². The minimum atomic E-state index is -3.92. The molecular weight excluding hydrogens is 192 g/mol. The van der Waals surface area contributed by atoms with Crippen molar-refractivity contribution in [1.82, 2.24) is 4.90 Å². The van der Waals surface area contributed by atoms with Crippen molar-refractivity contribution in [3.8, 4) is 0 Å². The molecule has 5 nitrogen and oxygen atoms in total. The molecule has 0 fully saturated rings. The lowest BCUT2D eigenvalue weighted by Crippen LogP contribution is -3.02. The van der Waals surface area contributed by atoms with Gasteiger partial charge < -0.3 is 9.45 Å². The van der Waals surface area contributed by atoms with Crippen LogP contribution >= 0.6 is 0 Å². The Hall–Kier alpha value is -0.850. The fraction of sp³-hybridized carbons (Fsp3) is 0.429. The molecule has 0 saturated carbocycles. The van der Waals surface area contributed by atoms with Crippen molar-refractivity contribution in [1.29, 1.82) is 0 Å². The molecule has 1 unspecified atom stereocenters. The second-order valence-electron chi connectivity index (χ2n) is 2.71. The first kappa shape index (κ1) is 12.2.